The van der Waals surface area contributed by atoms with Crippen molar-refractivity contribution in [2.24, 2.45) is 0 Å². The van der Waals surface area contributed by atoms with E-state index in [-0.39, 0.29) is 25.9 Å². The van der Waals surface area contributed by atoms with Gasteiger partial charge >= 0.3 is 12.1 Å². The molecule has 0 radical (unpaired) electrons. The van der Waals surface area contributed by atoms with Gasteiger partial charge in [-0.25, -0.2) is 9.59 Å². The lowest BCUT2D eigenvalue weighted by Gasteiger charge is -2.21. The fraction of sp³-hybridized carbons (Fsp3) is 0.292. The number of hydrogen-bond donors (Lipinski definition) is 2. The van der Waals surface area contributed by atoms with Crippen LogP contribution in [0, 0.1) is 0 Å². The van der Waals surface area contributed by atoms with Crippen molar-refractivity contribution in [3.8, 4) is 0 Å². The second-order valence-corrected chi connectivity index (χ2v) is 7.67. The molecule has 2 N–H and O–H groups in total. The van der Waals surface area contributed by atoms with Gasteiger partial charge in [-0.05, 0) is 18.1 Å². The van der Waals surface area contributed by atoms with Crippen molar-refractivity contribution >= 4 is 29.8 Å². The van der Waals surface area contributed by atoms with Crippen molar-refractivity contribution in [1.82, 2.24) is 15.7 Å². The van der Waals surface area contributed by atoms with Crippen LogP contribution in [0.3, 0.4) is 0 Å². The number of imide groups is 1. The molecule has 178 valence electrons. The lowest BCUT2D eigenvalue weighted by atomic mass is 10.1. The minimum atomic E-state index is -1.19. The molecule has 1 aliphatic rings. The highest BCUT2D eigenvalue weighted by atomic mass is 16.7. The second kappa shape index (κ2) is 11.6. The zero-order valence-electron chi connectivity index (χ0n) is 18.6. The van der Waals surface area contributed by atoms with E-state index in [1.807, 2.05) is 24.3 Å². The predicted molar refractivity (Wildman–Crippen MR) is 118 cm³/mol. The highest BCUT2D eigenvalue weighted by molar-refractivity contribution is 6.02. The highest BCUT2D eigenvalue weighted by Crippen LogP contribution is 2.13. The Kier molecular flexibility index (Phi) is 8.33. The zero-order valence-corrected chi connectivity index (χ0v) is 18.6. The van der Waals surface area contributed by atoms with Crippen LogP contribution < -0.4 is 10.6 Å². The van der Waals surface area contributed by atoms with Crippen LogP contribution in [-0.4, -0.2) is 46.9 Å². The number of carbonyl (C=O) groups is 5. The molecule has 1 saturated heterocycles. The largest absolute Gasteiger partial charge is 0.445 e. The molecule has 0 spiro atoms. The summed E-state index contributed by atoms with van der Waals surface area (Å²) in [6.45, 7) is 1.37. The third-order valence-electron chi connectivity index (χ3n) is 5.00. The van der Waals surface area contributed by atoms with Gasteiger partial charge in [0.1, 0.15) is 18.7 Å². The van der Waals surface area contributed by atoms with Crippen LogP contribution >= 0.6 is 0 Å². The summed E-state index contributed by atoms with van der Waals surface area (Å²) < 4.78 is 5.21. The van der Waals surface area contributed by atoms with Gasteiger partial charge < -0.3 is 20.2 Å². The number of nitrogens with zero attached hydrogens (tertiary/aromatic N) is 1. The molecule has 1 fully saturated rings. The molecule has 1 aliphatic heterocycles. The van der Waals surface area contributed by atoms with Crippen molar-refractivity contribution in [2.75, 3.05) is 0 Å². The fourth-order valence-corrected chi connectivity index (χ4v) is 3.17. The van der Waals surface area contributed by atoms with Crippen molar-refractivity contribution < 1.29 is 33.5 Å². The summed E-state index contributed by atoms with van der Waals surface area (Å²) in [5.41, 5.74) is 1.55. The quantitative estimate of drug-likeness (QED) is 0.536. The van der Waals surface area contributed by atoms with Crippen LogP contribution in [0.1, 0.15) is 30.9 Å². The second-order valence-electron chi connectivity index (χ2n) is 7.67. The lowest BCUT2D eigenvalue weighted by Crippen LogP contribution is -2.52. The van der Waals surface area contributed by atoms with E-state index in [0.717, 1.165) is 11.1 Å². The molecule has 10 heteroatoms. The Morgan fingerprint density at radius 2 is 1.44 bits per heavy atom. The molecule has 0 aromatic heterocycles. The zero-order chi connectivity index (χ0) is 24.5. The van der Waals surface area contributed by atoms with Crippen LogP contribution in [-0.2, 0) is 41.8 Å². The number of ether oxygens (including phenoxy) is 1. The van der Waals surface area contributed by atoms with Crippen LogP contribution in [0.4, 0.5) is 4.79 Å². The van der Waals surface area contributed by atoms with Gasteiger partial charge in [0.05, 0.1) is 0 Å². The summed E-state index contributed by atoms with van der Waals surface area (Å²) in [7, 11) is 0. The maximum atomic E-state index is 12.9. The van der Waals surface area contributed by atoms with E-state index < -0.39 is 41.9 Å². The highest BCUT2D eigenvalue weighted by Gasteiger charge is 2.35. The first-order chi connectivity index (χ1) is 16.3. The molecular weight excluding hydrogens is 442 g/mol. The molecule has 4 amide bonds. The topological polar surface area (TPSA) is 131 Å². The number of alkyl carbamates (subject to hydrolysis) is 1. The fourth-order valence-electron chi connectivity index (χ4n) is 3.17. The number of nitrogens with one attached hydrogen (secondary N) is 2. The van der Waals surface area contributed by atoms with E-state index in [2.05, 4.69) is 10.6 Å². The lowest BCUT2D eigenvalue weighted by molar-refractivity contribution is -0.198. The molecule has 0 bridgehead atoms. The molecule has 10 nitrogen and oxygen atoms in total. The van der Waals surface area contributed by atoms with Gasteiger partial charge in [0.15, 0.2) is 0 Å². The first kappa shape index (κ1) is 24.4. The first-order valence-electron chi connectivity index (χ1n) is 10.7. The minimum absolute atomic E-state index is 0.0208. The molecule has 3 rings (SSSR count). The van der Waals surface area contributed by atoms with Gasteiger partial charge in [0.25, 0.3) is 11.8 Å². The number of rotatable bonds is 9. The standard InChI is InChI=1S/C24H25N3O7/c1-16(23(31)34-27-20(28)12-13-21(27)29)25-22(30)19(14-17-8-4-2-5-9-17)26-24(32)33-15-18-10-6-3-7-11-18/h2-11,16,19H,12-15H2,1H3,(H,25,30)(H,26,32)/t16-,19-/m0/s1. The summed E-state index contributed by atoms with van der Waals surface area (Å²) in [5, 5.41) is 5.38. The molecular formula is C24H25N3O7. The van der Waals surface area contributed by atoms with Gasteiger partial charge in [-0.1, -0.05) is 60.7 Å². The Hall–Kier alpha value is -4.21. The van der Waals surface area contributed by atoms with Crippen molar-refractivity contribution in [2.45, 2.75) is 44.9 Å². The molecule has 0 unspecified atom stereocenters. The van der Waals surface area contributed by atoms with Crippen LogP contribution in [0.5, 0.6) is 0 Å². The maximum absolute atomic E-state index is 12.9. The third kappa shape index (κ3) is 6.89. The van der Waals surface area contributed by atoms with Crippen molar-refractivity contribution in [3.05, 3.63) is 71.8 Å². The molecule has 2 aromatic carbocycles. The van der Waals surface area contributed by atoms with E-state index >= 15 is 0 Å². The van der Waals surface area contributed by atoms with E-state index in [4.69, 9.17) is 9.57 Å². The Bertz CT molecular complexity index is 1030. The maximum Gasteiger partial charge on any atom is 0.408 e. The van der Waals surface area contributed by atoms with Gasteiger partial charge in [-0.2, -0.15) is 0 Å². The van der Waals surface area contributed by atoms with E-state index in [1.54, 1.807) is 36.4 Å². The monoisotopic (exact) mass is 467 g/mol. The third-order valence-corrected chi connectivity index (χ3v) is 5.00. The Balaban J connectivity index is 1.61. The summed E-state index contributed by atoms with van der Waals surface area (Å²) in [6, 6.07) is 15.8. The van der Waals surface area contributed by atoms with Crippen molar-refractivity contribution in [3.63, 3.8) is 0 Å². The van der Waals surface area contributed by atoms with Gasteiger partial charge in [0.2, 0.25) is 5.91 Å². The van der Waals surface area contributed by atoms with Crippen LogP contribution in [0.15, 0.2) is 60.7 Å². The SMILES string of the molecule is C[C@H](NC(=O)[C@H](Cc1ccccc1)NC(=O)OCc1ccccc1)C(=O)ON1C(=O)CCC1=O. The smallest absolute Gasteiger partial charge is 0.408 e. The Morgan fingerprint density at radius 3 is 2.03 bits per heavy atom. The van der Waals surface area contributed by atoms with Crippen LogP contribution in [0.25, 0.3) is 0 Å². The minimum Gasteiger partial charge on any atom is -0.445 e. The van der Waals surface area contributed by atoms with Gasteiger partial charge in [0, 0.05) is 19.3 Å². The van der Waals surface area contributed by atoms with E-state index in [9.17, 15) is 24.0 Å². The molecule has 34 heavy (non-hydrogen) atoms. The Labute approximate surface area is 196 Å². The van der Waals surface area contributed by atoms with Gasteiger partial charge in [-0.15, -0.1) is 5.06 Å². The molecule has 2 aromatic rings. The van der Waals surface area contributed by atoms with E-state index in [1.165, 1.54) is 6.92 Å². The summed E-state index contributed by atoms with van der Waals surface area (Å²) >= 11 is 0. The summed E-state index contributed by atoms with van der Waals surface area (Å²) in [6.07, 6.45) is -0.747. The molecule has 2 atom stereocenters. The normalized spacial score (nSPS) is 14.8. The Morgan fingerprint density at radius 1 is 0.882 bits per heavy atom. The molecule has 1 heterocycles. The average molecular weight is 467 g/mol. The van der Waals surface area contributed by atoms with Crippen molar-refractivity contribution in [1.29, 1.82) is 0 Å². The van der Waals surface area contributed by atoms with Gasteiger partial charge in [-0.3, -0.25) is 14.4 Å². The number of carbonyl (C=O) groups excluding carboxylic acids is 5. The number of hydrogen-bond acceptors (Lipinski definition) is 7. The number of amides is 4. The van der Waals surface area contributed by atoms with E-state index in [0.29, 0.717) is 5.06 Å². The number of hydroxylamine groups is 2. The first-order valence-corrected chi connectivity index (χ1v) is 10.7. The average Bonchev–Trinajstić information content (AvgIpc) is 3.15. The number of benzene rings is 2. The molecule has 0 aliphatic carbocycles. The predicted octanol–water partition coefficient (Wildman–Crippen LogP) is 1.64. The molecule has 0 saturated carbocycles. The summed E-state index contributed by atoms with van der Waals surface area (Å²) in [5.74, 6) is -2.89. The van der Waals surface area contributed by atoms with Crippen LogP contribution in [0.2, 0.25) is 0 Å². The summed E-state index contributed by atoms with van der Waals surface area (Å²) in [4.78, 5) is 65.7.